The van der Waals surface area contributed by atoms with Crippen LogP contribution >= 0.6 is 15.9 Å². The Kier molecular flexibility index (Phi) is 5.16. The molecule has 3 rings (SSSR count). The summed E-state index contributed by atoms with van der Waals surface area (Å²) in [6, 6.07) is 19.9. The molecule has 0 saturated carbocycles. The number of rotatable bonds is 6. The molecule has 0 aliphatic rings. The predicted octanol–water partition coefficient (Wildman–Crippen LogP) is 5.16. The van der Waals surface area contributed by atoms with Crippen LogP contribution in [-0.2, 0) is 11.3 Å². The monoisotopic (exact) mass is 372 g/mol. The van der Waals surface area contributed by atoms with Crippen LogP contribution in [0.4, 0.5) is 0 Å². The lowest BCUT2D eigenvalue weighted by Crippen LogP contribution is -2.04. The second kappa shape index (κ2) is 7.49. The molecule has 4 heteroatoms. The number of fused-ring (bicyclic) bond motifs is 1. The van der Waals surface area contributed by atoms with Crippen LogP contribution in [0.15, 0.2) is 65.1 Å². The van der Waals surface area contributed by atoms with Gasteiger partial charge in [0, 0.05) is 9.86 Å². The summed E-state index contributed by atoms with van der Waals surface area (Å²) >= 11 is 3.51. The van der Waals surface area contributed by atoms with Crippen molar-refractivity contribution in [2.24, 2.45) is 0 Å². The van der Waals surface area contributed by atoms with Crippen LogP contribution in [0.25, 0.3) is 10.8 Å². The van der Waals surface area contributed by atoms with Gasteiger partial charge in [-0.3, -0.25) is 0 Å². The Bertz CT molecular complexity index is 796. The van der Waals surface area contributed by atoms with Crippen LogP contribution in [0.3, 0.4) is 0 Å². The smallest absolute Gasteiger partial charge is 0.189 e. The lowest BCUT2D eigenvalue weighted by molar-refractivity contribution is 0.00561. The summed E-state index contributed by atoms with van der Waals surface area (Å²) < 4.78 is 17.6. The van der Waals surface area contributed by atoms with Crippen molar-refractivity contribution in [1.82, 2.24) is 0 Å². The summed E-state index contributed by atoms with van der Waals surface area (Å²) in [6.45, 7) is 0.639. The standard InChI is InChI=1S/C19H17BrO3/c1-21-16-9-10-18(20)15(11-16)12-22-13-23-19-8-4-6-14-5-2-3-7-17(14)19/h2-11H,12-13H2,1H3. The van der Waals surface area contributed by atoms with Crippen LogP contribution in [0, 0.1) is 0 Å². The van der Waals surface area contributed by atoms with Crippen LogP contribution < -0.4 is 9.47 Å². The van der Waals surface area contributed by atoms with E-state index in [0.717, 1.165) is 32.3 Å². The molecule has 23 heavy (non-hydrogen) atoms. The minimum atomic E-state index is 0.192. The third-order valence-electron chi connectivity index (χ3n) is 3.56. The van der Waals surface area contributed by atoms with Crippen molar-refractivity contribution in [3.05, 3.63) is 70.7 Å². The fourth-order valence-corrected chi connectivity index (χ4v) is 2.73. The summed E-state index contributed by atoms with van der Waals surface area (Å²) in [5.74, 6) is 1.63. The van der Waals surface area contributed by atoms with E-state index in [4.69, 9.17) is 14.2 Å². The van der Waals surface area contributed by atoms with Crippen molar-refractivity contribution in [2.75, 3.05) is 13.9 Å². The summed E-state index contributed by atoms with van der Waals surface area (Å²) in [5, 5.41) is 2.24. The fourth-order valence-electron chi connectivity index (χ4n) is 2.37. The van der Waals surface area contributed by atoms with E-state index in [1.54, 1.807) is 7.11 Å². The number of benzene rings is 3. The molecule has 118 valence electrons. The normalized spacial score (nSPS) is 10.7. The predicted molar refractivity (Wildman–Crippen MR) is 94.9 cm³/mol. The number of hydrogen-bond acceptors (Lipinski definition) is 3. The Morgan fingerprint density at radius 3 is 2.65 bits per heavy atom. The molecule has 0 N–H and O–H groups in total. The van der Waals surface area contributed by atoms with Gasteiger partial charge in [-0.15, -0.1) is 0 Å². The van der Waals surface area contributed by atoms with Gasteiger partial charge in [0.05, 0.1) is 13.7 Å². The molecular weight excluding hydrogens is 356 g/mol. The first-order chi connectivity index (χ1) is 11.3. The largest absolute Gasteiger partial charge is 0.497 e. The number of halogens is 1. The minimum Gasteiger partial charge on any atom is -0.497 e. The molecule has 0 atom stereocenters. The maximum Gasteiger partial charge on any atom is 0.189 e. The van der Waals surface area contributed by atoms with E-state index in [1.807, 2.05) is 48.5 Å². The maximum absolute atomic E-state index is 5.77. The summed E-state index contributed by atoms with van der Waals surface area (Å²) in [4.78, 5) is 0. The highest BCUT2D eigenvalue weighted by Gasteiger charge is 2.04. The van der Waals surface area contributed by atoms with Gasteiger partial charge in [0.25, 0.3) is 0 Å². The molecule has 0 unspecified atom stereocenters. The first-order valence-corrected chi connectivity index (χ1v) is 8.08. The highest BCUT2D eigenvalue weighted by molar-refractivity contribution is 9.10. The summed E-state index contributed by atoms with van der Waals surface area (Å²) in [5.41, 5.74) is 1.02. The third kappa shape index (κ3) is 3.84. The Hall–Kier alpha value is -2.04. The van der Waals surface area contributed by atoms with E-state index in [1.165, 1.54) is 0 Å². The molecule has 0 amide bonds. The second-order valence-electron chi connectivity index (χ2n) is 5.05. The average Bonchev–Trinajstić information content (AvgIpc) is 2.60. The second-order valence-corrected chi connectivity index (χ2v) is 5.90. The highest BCUT2D eigenvalue weighted by atomic mass is 79.9. The van der Waals surface area contributed by atoms with Crippen LogP contribution in [0.1, 0.15) is 5.56 Å². The molecule has 0 spiro atoms. The summed E-state index contributed by atoms with van der Waals surface area (Å²) in [7, 11) is 1.65. The molecule has 3 aromatic rings. The molecule has 3 nitrogen and oxygen atoms in total. The quantitative estimate of drug-likeness (QED) is 0.441. The van der Waals surface area contributed by atoms with Gasteiger partial charge in [0.15, 0.2) is 6.79 Å². The third-order valence-corrected chi connectivity index (χ3v) is 4.33. The van der Waals surface area contributed by atoms with Gasteiger partial charge in [-0.25, -0.2) is 0 Å². The Labute approximate surface area is 143 Å². The fraction of sp³-hybridized carbons (Fsp3) is 0.158. The lowest BCUT2D eigenvalue weighted by atomic mass is 10.1. The average molecular weight is 373 g/mol. The van der Waals surface area contributed by atoms with E-state index in [-0.39, 0.29) is 6.79 Å². The van der Waals surface area contributed by atoms with Gasteiger partial charge in [-0.2, -0.15) is 0 Å². The van der Waals surface area contributed by atoms with Crippen molar-refractivity contribution in [3.63, 3.8) is 0 Å². The van der Waals surface area contributed by atoms with Crippen molar-refractivity contribution in [2.45, 2.75) is 6.61 Å². The first-order valence-electron chi connectivity index (χ1n) is 7.28. The first kappa shape index (κ1) is 15.8. The minimum absolute atomic E-state index is 0.192. The Balaban J connectivity index is 1.61. The summed E-state index contributed by atoms with van der Waals surface area (Å²) in [6.07, 6.45) is 0. The van der Waals surface area contributed by atoms with Crippen molar-refractivity contribution < 1.29 is 14.2 Å². The zero-order valence-corrected chi connectivity index (χ0v) is 14.4. The molecular formula is C19H17BrO3. The SMILES string of the molecule is COc1ccc(Br)c(COCOc2cccc3ccccc23)c1. The lowest BCUT2D eigenvalue weighted by Gasteiger charge is -2.11. The Morgan fingerprint density at radius 2 is 1.78 bits per heavy atom. The van der Waals surface area contributed by atoms with E-state index < -0.39 is 0 Å². The zero-order valence-electron chi connectivity index (χ0n) is 12.8. The molecule has 3 aromatic carbocycles. The number of ether oxygens (including phenoxy) is 3. The van der Waals surface area contributed by atoms with Crippen molar-refractivity contribution >= 4 is 26.7 Å². The molecule has 0 saturated heterocycles. The van der Waals surface area contributed by atoms with Gasteiger partial charge in [0.2, 0.25) is 0 Å². The van der Waals surface area contributed by atoms with E-state index in [0.29, 0.717) is 6.61 Å². The number of hydrogen-bond donors (Lipinski definition) is 0. The van der Waals surface area contributed by atoms with Crippen LogP contribution in [-0.4, -0.2) is 13.9 Å². The Morgan fingerprint density at radius 1 is 0.957 bits per heavy atom. The van der Waals surface area contributed by atoms with E-state index in [2.05, 4.69) is 28.1 Å². The van der Waals surface area contributed by atoms with Crippen LogP contribution in [0.2, 0.25) is 0 Å². The van der Waals surface area contributed by atoms with Crippen molar-refractivity contribution in [1.29, 1.82) is 0 Å². The highest BCUT2D eigenvalue weighted by Crippen LogP contribution is 2.26. The molecule has 0 aliphatic heterocycles. The van der Waals surface area contributed by atoms with Gasteiger partial charge >= 0.3 is 0 Å². The maximum atomic E-state index is 5.77. The van der Waals surface area contributed by atoms with Gasteiger partial charge < -0.3 is 14.2 Å². The van der Waals surface area contributed by atoms with E-state index >= 15 is 0 Å². The molecule has 0 aromatic heterocycles. The van der Waals surface area contributed by atoms with Crippen LogP contribution in [0.5, 0.6) is 11.5 Å². The van der Waals surface area contributed by atoms with Gasteiger partial charge in [-0.05, 0) is 35.2 Å². The van der Waals surface area contributed by atoms with Gasteiger partial charge in [0.1, 0.15) is 11.5 Å². The molecule has 0 heterocycles. The molecule has 0 aliphatic carbocycles. The van der Waals surface area contributed by atoms with Crippen molar-refractivity contribution in [3.8, 4) is 11.5 Å². The van der Waals surface area contributed by atoms with E-state index in [9.17, 15) is 0 Å². The van der Waals surface area contributed by atoms with Gasteiger partial charge in [-0.1, -0.05) is 52.3 Å². The molecule has 0 fully saturated rings. The molecule has 0 radical (unpaired) electrons. The molecule has 0 bridgehead atoms. The topological polar surface area (TPSA) is 27.7 Å². The zero-order chi connectivity index (χ0) is 16.1. The number of methoxy groups -OCH3 is 1.